The van der Waals surface area contributed by atoms with Crippen molar-refractivity contribution in [2.24, 2.45) is 0 Å². The van der Waals surface area contributed by atoms with Crippen molar-refractivity contribution in [1.29, 1.82) is 0 Å². The van der Waals surface area contributed by atoms with E-state index in [2.05, 4.69) is 57.9 Å². The smallest absolute Gasteiger partial charge is 0.410 e. The molecular weight excluding hydrogens is 703 g/mol. The van der Waals surface area contributed by atoms with Gasteiger partial charge in [-0.15, -0.1) is 5.54 Å². The van der Waals surface area contributed by atoms with E-state index in [9.17, 15) is 4.79 Å². The third-order valence-corrected chi connectivity index (χ3v) is 17.5. The molecule has 4 heterocycles. The lowest BCUT2D eigenvalue weighted by Crippen LogP contribution is -2.57. The summed E-state index contributed by atoms with van der Waals surface area (Å²) in [7, 11) is -0.720. The van der Waals surface area contributed by atoms with E-state index in [1.54, 1.807) is 30.5 Å². The molecule has 2 aromatic carbocycles. The second kappa shape index (κ2) is 15.1. The summed E-state index contributed by atoms with van der Waals surface area (Å²) in [5.74, 6) is 3.39. The minimum absolute atomic E-state index is 0.0187. The molecule has 2 fully saturated rings. The summed E-state index contributed by atoms with van der Waals surface area (Å²) in [5, 5.41) is 2.06. The van der Waals surface area contributed by atoms with E-state index >= 15 is 8.78 Å². The summed E-state index contributed by atoms with van der Waals surface area (Å²) in [6, 6.07) is 8.22. The number of pyridine rings is 2. The highest BCUT2D eigenvalue weighted by atomic mass is 28.3. The number of nitrogens with zero attached hydrogens (tertiary/aromatic N) is 4. The van der Waals surface area contributed by atoms with Gasteiger partial charge >= 0.3 is 6.09 Å². The van der Waals surface area contributed by atoms with Gasteiger partial charge in [-0.25, -0.2) is 18.6 Å². The number of ether oxygens (including phenoxy) is 3. The molecule has 0 radical (unpaired) electrons. The largest absolute Gasteiger partial charge is 0.468 e. The minimum Gasteiger partial charge on any atom is -0.468 e. The molecule has 2 unspecified atom stereocenters. The fraction of sp³-hybridized carbons (Fsp3) is 0.512. The van der Waals surface area contributed by atoms with Crippen LogP contribution < -0.4 is 9.64 Å². The van der Waals surface area contributed by atoms with Gasteiger partial charge < -0.3 is 19.1 Å². The number of hydrogen-bond donors (Lipinski definition) is 0. The lowest BCUT2D eigenvalue weighted by molar-refractivity contribution is 0.0123. The summed E-state index contributed by atoms with van der Waals surface area (Å²) >= 11 is 0. The zero-order chi connectivity index (χ0) is 39.3. The quantitative estimate of drug-likeness (QED) is 0.101. The molecule has 0 saturated carbocycles. The average molecular weight is 757 g/mol. The number of aryl methyl sites for hydroxylation is 1. The SMILES string of the molecule is COCOc1cc(-c2ncc3c(N4CC5CCC(C4)N5C(=O)OC(C)(C)C)nc(C)cc3c2F)c2c(C#C[Si](C(C)C)(C(C)C)C(C)C)c(F)ccc2c1. The Kier molecular flexibility index (Phi) is 11.0. The fourth-order valence-electron chi connectivity index (χ4n) is 8.94. The normalized spacial score (nSPS) is 17.6. The molecule has 0 spiro atoms. The lowest BCUT2D eigenvalue weighted by Gasteiger charge is -2.42. The molecule has 2 aliphatic heterocycles. The van der Waals surface area contributed by atoms with Crippen LogP contribution in [0.25, 0.3) is 32.8 Å². The predicted molar refractivity (Wildman–Crippen MR) is 215 cm³/mol. The molecule has 2 bridgehead atoms. The first-order chi connectivity index (χ1) is 25.5. The van der Waals surface area contributed by atoms with Gasteiger partial charge in [0.05, 0.1) is 17.6 Å². The van der Waals surface area contributed by atoms with Gasteiger partial charge in [-0.2, -0.15) is 0 Å². The summed E-state index contributed by atoms with van der Waals surface area (Å²) in [4.78, 5) is 26.8. The van der Waals surface area contributed by atoms with Crippen molar-refractivity contribution in [3.63, 3.8) is 0 Å². The highest BCUT2D eigenvalue weighted by Crippen LogP contribution is 2.43. The van der Waals surface area contributed by atoms with Gasteiger partial charge in [0.15, 0.2) is 12.6 Å². The van der Waals surface area contributed by atoms with Crippen molar-refractivity contribution < 1.29 is 27.8 Å². The zero-order valence-electron chi connectivity index (χ0n) is 33.6. The summed E-state index contributed by atoms with van der Waals surface area (Å²) in [6.07, 6.45) is 3.06. The number of anilines is 1. The number of carbonyl (C=O) groups excluding carboxylic acids is 1. The second-order valence-corrected chi connectivity index (χ2v) is 22.4. The van der Waals surface area contributed by atoms with Gasteiger partial charge in [-0.3, -0.25) is 9.88 Å². The van der Waals surface area contributed by atoms with Crippen molar-refractivity contribution in [3.05, 3.63) is 59.4 Å². The second-order valence-electron chi connectivity index (χ2n) is 16.8. The van der Waals surface area contributed by atoms with Crippen molar-refractivity contribution in [2.45, 2.75) is 116 Å². The lowest BCUT2D eigenvalue weighted by atomic mass is 9.95. The molecule has 1 amide bonds. The van der Waals surface area contributed by atoms with Crippen LogP contribution >= 0.6 is 0 Å². The standard InChI is InChI=1S/C43H54F2N4O4Si/c1-25(2)54(26(3)4,27(5)6)17-16-33-37(44)15-12-29-19-32(52-24-51-11)20-35(38(29)33)40-39(45)34-18-28(7)47-41(36(34)21-46-40)48-22-30-13-14-31(23-48)49(30)42(50)53-43(8,9)10/h12,15,18-21,25-27,30-31H,13-14,22-24H2,1-11H3. The predicted octanol–water partition coefficient (Wildman–Crippen LogP) is 10.2. The Labute approximate surface area is 319 Å². The number of methoxy groups -OCH3 is 1. The number of fused-ring (bicyclic) bond motifs is 4. The van der Waals surface area contributed by atoms with Crippen LogP contribution in [0.15, 0.2) is 36.5 Å². The Hall–Kier alpha value is -4.27. The number of piperazine rings is 1. The van der Waals surface area contributed by atoms with Gasteiger partial charge in [-0.05, 0) is 86.8 Å². The first-order valence-electron chi connectivity index (χ1n) is 19.1. The molecule has 54 heavy (non-hydrogen) atoms. The molecule has 8 nitrogen and oxygen atoms in total. The van der Waals surface area contributed by atoms with Gasteiger partial charge in [0.1, 0.15) is 36.8 Å². The van der Waals surface area contributed by atoms with E-state index in [-0.39, 0.29) is 36.2 Å². The molecule has 2 saturated heterocycles. The molecule has 6 rings (SSSR count). The molecule has 11 heteroatoms. The maximum atomic E-state index is 17.2. The number of halogens is 2. The highest BCUT2D eigenvalue weighted by Gasteiger charge is 2.45. The van der Waals surface area contributed by atoms with Crippen LogP contribution in [0.1, 0.15) is 86.4 Å². The summed E-state index contributed by atoms with van der Waals surface area (Å²) in [5.41, 5.74) is 5.44. The van der Waals surface area contributed by atoms with E-state index in [0.29, 0.717) is 74.1 Å². The molecule has 4 aromatic rings. The summed E-state index contributed by atoms with van der Waals surface area (Å²) in [6.45, 7) is 21.8. The highest BCUT2D eigenvalue weighted by molar-refractivity contribution is 6.90. The van der Waals surface area contributed by atoms with Gasteiger partial charge in [-0.1, -0.05) is 53.5 Å². The number of hydrogen-bond acceptors (Lipinski definition) is 7. The van der Waals surface area contributed by atoms with Crippen molar-refractivity contribution in [2.75, 3.05) is 31.9 Å². The van der Waals surface area contributed by atoms with Crippen LogP contribution in [0, 0.1) is 30.0 Å². The molecule has 2 aromatic heterocycles. The Bertz CT molecular complexity index is 2100. The van der Waals surface area contributed by atoms with Crippen LogP contribution in [0.2, 0.25) is 16.6 Å². The Morgan fingerprint density at radius 2 is 1.63 bits per heavy atom. The van der Waals surface area contributed by atoms with Crippen molar-refractivity contribution >= 4 is 41.5 Å². The molecule has 2 atom stereocenters. The fourth-order valence-corrected chi connectivity index (χ4v) is 14.2. The Balaban J connectivity index is 1.50. The number of amides is 1. The average Bonchev–Trinajstić information content (AvgIpc) is 3.36. The first-order valence-corrected chi connectivity index (χ1v) is 21.3. The first kappa shape index (κ1) is 39.4. The number of benzene rings is 2. The molecule has 2 aliphatic rings. The minimum atomic E-state index is -2.25. The molecular formula is C43H54F2N4O4Si. The van der Waals surface area contributed by atoms with Crippen LogP contribution in [0.5, 0.6) is 5.75 Å². The topological polar surface area (TPSA) is 77.0 Å². The van der Waals surface area contributed by atoms with Crippen LogP contribution in [0.4, 0.5) is 19.4 Å². The third kappa shape index (κ3) is 7.27. The molecule has 288 valence electrons. The maximum Gasteiger partial charge on any atom is 0.410 e. The number of aromatic nitrogens is 2. The summed E-state index contributed by atoms with van der Waals surface area (Å²) < 4.78 is 50.1. The van der Waals surface area contributed by atoms with Gasteiger partial charge in [0.2, 0.25) is 0 Å². The Morgan fingerprint density at radius 3 is 2.22 bits per heavy atom. The van der Waals surface area contributed by atoms with Crippen molar-refractivity contribution in [1.82, 2.24) is 14.9 Å². The van der Waals surface area contributed by atoms with E-state index in [1.165, 1.54) is 13.2 Å². The van der Waals surface area contributed by atoms with Crippen LogP contribution in [-0.2, 0) is 9.47 Å². The number of carbonyl (C=O) groups is 1. The van der Waals surface area contributed by atoms with E-state index in [4.69, 9.17) is 24.2 Å². The monoisotopic (exact) mass is 756 g/mol. The molecule has 0 aliphatic carbocycles. The van der Waals surface area contributed by atoms with Crippen molar-refractivity contribution in [3.8, 4) is 28.5 Å². The van der Waals surface area contributed by atoms with Crippen LogP contribution in [-0.4, -0.2) is 73.7 Å². The van der Waals surface area contributed by atoms with E-state index in [1.807, 2.05) is 32.6 Å². The Morgan fingerprint density at radius 1 is 0.981 bits per heavy atom. The maximum absolute atomic E-state index is 17.2. The third-order valence-electron chi connectivity index (χ3n) is 11.2. The van der Waals surface area contributed by atoms with Crippen LogP contribution in [0.3, 0.4) is 0 Å². The number of rotatable bonds is 8. The van der Waals surface area contributed by atoms with Gasteiger partial charge in [0.25, 0.3) is 0 Å². The van der Waals surface area contributed by atoms with E-state index in [0.717, 1.165) is 12.8 Å². The zero-order valence-corrected chi connectivity index (χ0v) is 34.6. The van der Waals surface area contributed by atoms with E-state index < -0.39 is 25.3 Å². The van der Waals surface area contributed by atoms with Gasteiger partial charge in [0, 0.05) is 53.8 Å². The molecule has 0 N–H and O–H groups in total.